The Morgan fingerprint density at radius 3 is 2.83 bits per heavy atom. The van der Waals surface area contributed by atoms with Crippen LogP contribution in [0.2, 0.25) is 0 Å². The largest absolute Gasteiger partial charge is 0.490 e. The van der Waals surface area contributed by atoms with Crippen LogP contribution in [0.5, 0.6) is 11.5 Å². The maximum Gasteiger partial charge on any atom is 0.161 e. The second kappa shape index (κ2) is 11.9. The first-order valence-corrected chi connectivity index (χ1v) is 10.9. The Kier molecular flexibility index (Phi) is 8.99. The zero-order valence-corrected chi connectivity index (χ0v) is 18.6. The van der Waals surface area contributed by atoms with E-state index in [0.29, 0.717) is 13.2 Å². The first-order chi connectivity index (χ1) is 14.7. The Bertz CT molecular complexity index is 738. The topological polar surface area (TPSA) is 52.0 Å². The van der Waals surface area contributed by atoms with Crippen molar-refractivity contribution in [2.45, 2.75) is 26.4 Å². The lowest BCUT2D eigenvalue weighted by Crippen LogP contribution is -2.29. The van der Waals surface area contributed by atoms with Crippen molar-refractivity contribution in [3.63, 3.8) is 0 Å². The highest BCUT2D eigenvalue weighted by molar-refractivity contribution is 5.43. The van der Waals surface area contributed by atoms with Gasteiger partial charge in [0.25, 0.3) is 0 Å². The molecule has 30 heavy (non-hydrogen) atoms. The van der Waals surface area contributed by atoms with Gasteiger partial charge >= 0.3 is 0 Å². The summed E-state index contributed by atoms with van der Waals surface area (Å²) in [5.41, 5.74) is 1.25. The number of imidazole rings is 1. The molecule has 1 aliphatic rings. The fraction of sp³-hybridized carbons (Fsp3) is 0.609. The van der Waals surface area contributed by atoms with Gasteiger partial charge in [0.1, 0.15) is 6.61 Å². The van der Waals surface area contributed by atoms with Crippen LogP contribution in [0.1, 0.15) is 18.9 Å². The summed E-state index contributed by atoms with van der Waals surface area (Å²) in [5, 5.41) is 0. The number of methoxy groups -OCH3 is 1. The molecule has 1 aromatic carbocycles. The minimum Gasteiger partial charge on any atom is -0.490 e. The van der Waals surface area contributed by atoms with Crippen molar-refractivity contribution >= 4 is 0 Å². The normalized spacial score (nSPS) is 17.0. The van der Waals surface area contributed by atoms with E-state index in [0.717, 1.165) is 50.2 Å². The molecule has 7 nitrogen and oxygen atoms in total. The Morgan fingerprint density at radius 2 is 2.07 bits per heavy atom. The molecule has 0 aliphatic carbocycles. The first-order valence-electron chi connectivity index (χ1n) is 10.9. The number of rotatable bonds is 13. The number of benzene rings is 1. The smallest absolute Gasteiger partial charge is 0.161 e. The highest BCUT2D eigenvalue weighted by Crippen LogP contribution is 2.29. The molecule has 1 aliphatic heterocycles. The van der Waals surface area contributed by atoms with Gasteiger partial charge in [0, 0.05) is 45.7 Å². The lowest BCUT2D eigenvalue weighted by molar-refractivity contribution is 0.157. The number of hydrogen-bond acceptors (Lipinski definition) is 6. The summed E-state index contributed by atoms with van der Waals surface area (Å²) in [6, 6.07) is 6.29. The fourth-order valence-corrected chi connectivity index (χ4v) is 4.02. The molecule has 0 saturated carbocycles. The molecule has 0 bridgehead atoms. The molecule has 1 saturated heterocycles. The molecule has 0 radical (unpaired) electrons. The van der Waals surface area contributed by atoms with Crippen molar-refractivity contribution in [1.29, 1.82) is 0 Å². The van der Waals surface area contributed by atoms with Crippen LogP contribution in [0.3, 0.4) is 0 Å². The zero-order chi connectivity index (χ0) is 21.2. The number of aromatic nitrogens is 2. The number of nitrogens with zero attached hydrogens (tertiary/aromatic N) is 4. The van der Waals surface area contributed by atoms with Crippen LogP contribution >= 0.6 is 0 Å². The van der Waals surface area contributed by atoms with E-state index in [1.165, 1.54) is 25.1 Å². The van der Waals surface area contributed by atoms with Gasteiger partial charge in [-0.25, -0.2) is 4.98 Å². The van der Waals surface area contributed by atoms with E-state index in [4.69, 9.17) is 14.2 Å². The second-order valence-electron chi connectivity index (χ2n) is 8.01. The average Bonchev–Trinajstić information content (AvgIpc) is 3.40. The lowest BCUT2D eigenvalue weighted by atomic mass is 10.1. The molecule has 1 atom stereocenters. The van der Waals surface area contributed by atoms with E-state index < -0.39 is 0 Å². The molecule has 3 rings (SSSR count). The van der Waals surface area contributed by atoms with Gasteiger partial charge < -0.3 is 28.6 Å². The fourth-order valence-electron chi connectivity index (χ4n) is 4.02. The molecule has 7 heteroatoms. The van der Waals surface area contributed by atoms with Crippen molar-refractivity contribution in [3.05, 3.63) is 42.5 Å². The van der Waals surface area contributed by atoms with Crippen LogP contribution < -0.4 is 9.47 Å². The zero-order valence-electron chi connectivity index (χ0n) is 18.6. The minimum absolute atomic E-state index is 0.580. The molecular weight excluding hydrogens is 380 g/mol. The van der Waals surface area contributed by atoms with Gasteiger partial charge in [0.15, 0.2) is 11.5 Å². The van der Waals surface area contributed by atoms with Crippen molar-refractivity contribution < 1.29 is 14.2 Å². The minimum atomic E-state index is 0.580. The van der Waals surface area contributed by atoms with Crippen LogP contribution in [-0.2, 0) is 17.8 Å². The average molecular weight is 417 g/mol. The third-order valence-corrected chi connectivity index (χ3v) is 5.48. The number of hydrogen-bond donors (Lipinski definition) is 0. The van der Waals surface area contributed by atoms with E-state index in [2.05, 4.69) is 34.0 Å². The summed E-state index contributed by atoms with van der Waals surface area (Å²) in [6.07, 6.45) is 6.78. The van der Waals surface area contributed by atoms with Gasteiger partial charge in [-0.05, 0) is 50.6 Å². The van der Waals surface area contributed by atoms with E-state index in [1.54, 1.807) is 19.6 Å². The maximum absolute atomic E-state index is 5.97. The van der Waals surface area contributed by atoms with E-state index in [-0.39, 0.29) is 0 Å². The van der Waals surface area contributed by atoms with Crippen molar-refractivity contribution in [1.82, 2.24) is 19.4 Å². The maximum atomic E-state index is 5.97. The first kappa shape index (κ1) is 22.6. The molecule has 166 valence electrons. The molecule has 1 unspecified atom stereocenters. The van der Waals surface area contributed by atoms with E-state index in [9.17, 15) is 0 Å². The standard InChI is InChI=1S/C23H36N4O3/c1-4-29-23-15-20(5-6-22(23)30-14-12-27-10-8-24-19-27)16-25(2)17-21-7-9-26(18-21)11-13-28-3/h5-6,8,10,15,19,21H,4,7,9,11-14,16-18H2,1-3H3. The van der Waals surface area contributed by atoms with Gasteiger partial charge in [-0.2, -0.15) is 0 Å². The van der Waals surface area contributed by atoms with E-state index in [1.807, 2.05) is 23.8 Å². The SMILES string of the molecule is CCOc1cc(CN(C)CC2CCN(CCOC)C2)ccc1OCCn1ccnc1. The van der Waals surface area contributed by atoms with Crippen molar-refractivity contribution in [2.24, 2.45) is 5.92 Å². The lowest BCUT2D eigenvalue weighted by Gasteiger charge is -2.22. The molecule has 2 heterocycles. The predicted octanol–water partition coefficient (Wildman–Crippen LogP) is 2.76. The van der Waals surface area contributed by atoms with Gasteiger partial charge in [-0.15, -0.1) is 0 Å². The van der Waals surface area contributed by atoms with Crippen LogP contribution in [0.4, 0.5) is 0 Å². The summed E-state index contributed by atoms with van der Waals surface area (Å²) in [7, 11) is 3.97. The second-order valence-corrected chi connectivity index (χ2v) is 8.01. The highest BCUT2D eigenvalue weighted by Gasteiger charge is 2.23. The Hall–Kier alpha value is -2.09. The van der Waals surface area contributed by atoms with Crippen LogP contribution in [0.15, 0.2) is 36.9 Å². The van der Waals surface area contributed by atoms with Gasteiger partial charge in [-0.1, -0.05) is 6.07 Å². The number of likely N-dealkylation sites (tertiary alicyclic amines) is 1. The summed E-state index contributed by atoms with van der Waals surface area (Å²) in [6.45, 7) is 10.2. The molecular formula is C23H36N4O3. The number of ether oxygens (including phenoxy) is 3. The van der Waals surface area contributed by atoms with E-state index >= 15 is 0 Å². The predicted molar refractivity (Wildman–Crippen MR) is 118 cm³/mol. The molecule has 0 amide bonds. The van der Waals surface area contributed by atoms with Crippen LogP contribution in [0, 0.1) is 5.92 Å². The summed E-state index contributed by atoms with van der Waals surface area (Å²) < 4.78 is 19.0. The molecule has 0 N–H and O–H groups in total. The monoisotopic (exact) mass is 416 g/mol. The highest BCUT2D eigenvalue weighted by atomic mass is 16.5. The Morgan fingerprint density at radius 1 is 1.17 bits per heavy atom. The van der Waals surface area contributed by atoms with Crippen LogP contribution in [0.25, 0.3) is 0 Å². The van der Waals surface area contributed by atoms with Gasteiger partial charge in [0.05, 0.1) is 26.1 Å². The summed E-state index contributed by atoms with van der Waals surface area (Å²) in [5.74, 6) is 2.34. The quantitative estimate of drug-likeness (QED) is 0.501. The molecule has 1 fully saturated rings. The van der Waals surface area contributed by atoms with Gasteiger partial charge in [-0.3, -0.25) is 0 Å². The summed E-state index contributed by atoms with van der Waals surface area (Å²) >= 11 is 0. The third-order valence-electron chi connectivity index (χ3n) is 5.48. The Balaban J connectivity index is 1.49. The van der Waals surface area contributed by atoms with Crippen molar-refractivity contribution in [3.8, 4) is 11.5 Å². The Labute approximate surface area is 180 Å². The van der Waals surface area contributed by atoms with Gasteiger partial charge in [0.2, 0.25) is 0 Å². The van der Waals surface area contributed by atoms with Crippen molar-refractivity contribution in [2.75, 3.05) is 60.2 Å². The summed E-state index contributed by atoms with van der Waals surface area (Å²) in [4.78, 5) is 8.97. The molecule has 2 aromatic rings. The van der Waals surface area contributed by atoms with Crippen LogP contribution in [-0.4, -0.2) is 79.5 Å². The molecule has 1 aromatic heterocycles. The molecule has 0 spiro atoms. The third kappa shape index (κ3) is 7.00.